The lowest BCUT2D eigenvalue weighted by atomic mass is 10.0. The van der Waals surface area contributed by atoms with Crippen molar-refractivity contribution in [2.24, 2.45) is 0 Å². The fourth-order valence-corrected chi connectivity index (χ4v) is 3.30. The van der Waals surface area contributed by atoms with E-state index in [-0.39, 0.29) is 21.7 Å². The van der Waals surface area contributed by atoms with E-state index < -0.39 is 23.2 Å². The number of benzene rings is 2. The molecule has 2 heterocycles. The van der Waals surface area contributed by atoms with Crippen LogP contribution in [0.5, 0.6) is 0 Å². The Morgan fingerprint density at radius 1 is 1.07 bits per heavy atom. The van der Waals surface area contributed by atoms with Crippen molar-refractivity contribution in [2.75, 3.05) is 0 Å². The molecule has 0 bridgehead atoms. The van der Waals surface area contributed by atoms with Gasteiger partial charge >= 0.3 is 5.76 Å². The minimum Gasteiger partial charge on any atom is -0.408 e. The normalized spacial score (nSPS) is 11.1. The molecule has 4 rings (SSSR count). The maximum Gasteiger partial charge on any atom is 0.419 e. The number of rotatable bonds is 5. The highest BCUT2D eigenvalue weighted by molar-refractivity contribution is 6.35. The lowest BCUT2D eigenvalue weighted by molar-refractivity contribution is 0.103. The van der Waals surface area contributed by atoms with Gasteiger partial charge in [0.2, 0.25) is 0 Å². The summed E-state index contributed by atoms with van der Waals surface area (Å²) in [6.07, 6.45) is 3.90. The molecular formula is C21H13ClF2N2O3. The van der Waals surface area contributed by atoms with E-state index in [2.05, 4.69) is 4.98 Å². The summed E-state index contributed by atoms with van der Waals surface area (Å²) in [5.41, 5.74) is 1.58. The first-order valence-corrected chi connectivity index (χ1v) is 9.03. The van der Waals surface area contributed by atoms with Gasteiger partial charge in [0.25, 0.3) is 0 Å². The first kappa shape index (κ1) is 19.0. The van der Waals surface area contributed by atoms with Gasteiger partial charge in [-0.1, -0.05) is 11.6 Å². The van der Waals surface area contributed by atoms with Gasteiger partial charge in [0, 0.05) is 30.1 Å². The van der Waals surface area contributed by atoms with Crippen molar-refractivity contribution in [3.8, 4) is 0 Å². The zero-order chi connectivity index (χ0) is 20.5. The third-order valence-electron chi connectivity index (χ3n) is 4.56. The van der Waals surface area contributed by atoms with Crippen molar-refractivity contribution in [1.82, 2.24) is 9.55 Å². The molecule has 0 saturated carbocycles. The Balaban J connectivity index is 1.70. The summed E-state index contributed by atoms with van der Waals surface area (Å²) in [5, 5.41) is 0.0747. The topological polar surface area (TPSA) is 65.1 Å². The quantitative estimate of drug-likeness (QED) is 0.454. The molecule has 0 atom stereocenters. The molecule has 5 nitrogen and oxygen atoms in total. The number of ketones is 1. The summed E-state index contributed by atoms with van der Waals surface area (Å²) in [7, 11) is 0. The van der Waals surface area contributed by atoms with Crippen LogP contribution < -0.4 is 5.76 Å². The molecule has 29 heavy (non-hydrogen) atoms. The van der Waals surface area contributed by atoms with Crippen LogP contribution >= 0.6 is 11.6 Å². The average molecular weight is 415 g/mol. The van der Waals surface area contributed by atoms with Gasteiger partial charge in [0.05, 0.1) is 10.5 Å². The van der Waals surface area contributed by atoms with Gasteiger partial charge in [-0.15, -0.1) is 0 Å². The van der Waals surface area contributed by atoms with Crippen molar-refractivity contribution in [2.45, 2.75) is 13.0 Å². The molecule has 0 spiro atoms. The van der Waals surface area contributed by atoms with E-state index in [1.807, 2.05) is 12.1 Å². The van der Waals surface area contributed by atoms with Crippen LogP contribution in [0.15, 0.2) is 64.1 Å². The molecule has 0 fully saturated rings. The zero-order valence-corrected chi connectivity index (χ0v) is 15.6. The fraction of sp³-hybridized carbons (Fsp3) is 0.0952. The van der Waals surface area contributed by atoms with E-state index in [9.17, 15) is 18.4 Å². The van der Waals surface area contributed by atoms with E-state index in [0.29, 0.717) is 18.5 Å². The van der Waals surface area contributed by atoms with Gasteiger partial charge in [-0.2, -0.15) is 0 Å². The highest BCUT2D eigenvalue weighted by Gasteiger charge is 2.19. The summed E-state index contributed by atoms with van der Waals surface area (Å²) in [6, 6.07) is 9.32. The Kier molecular flexibility index (Phi) is 4.98. The van der Waals surface area contributed by atoms with Crippen LogP contribution in [0.4, 0.5) is 8.78 Å². The number of fused-ring (bicyclic) bond motifs is 1. The van der Waals surface area contributed by atoms with Gasteiger partial charge in [-0.25, -0.2) is 13.6 Å². The molecule has 0 N–H and O–H groups in total. The molecule has 0 radical (unpaired) electrons. The van der Waals surface area contributed by atoms with Gasteiger partial charge in [0.1, 0.15) is 0 Å². The smallest absolute Gasteiger partial charge is 0.408 e. The molecule has 0 unspecified atom stereocenters. The minimum atomic E-state index is -1.14. The third-order valence-corrected chi connectivity index (χ3v) is 4.87. The number of aryl methyl sites for hydroxylation is 2. The fourth-order valence-electron chi connectivity index (χ4n) is 3.05. The van der Waals surface area contributed by atoms with Crippen LogP contribution in [0.1, 0.15) is 21.5 Å². The summed E-state index contributed by atoms with van der Waals surface area (Å²) in [4.78, 5) is 28.9. The van der Waals surface area contributed by atoms with Crippen LogP contribution in [0.3, 0.4) is 0 Å². The van der Waals surface area contributed by atoms with Crippen molar-refractivity contribution < 1.29 is 18.0 Å². The molecule has 0 aliphatic rings. The number of oxazole rings is 1. The molecule has 0 aliphatic carbocycles. The number of nitrogens with zero attached hydrogens (tertiary/aromatic N) is 2. The first-order valence-electron chi connectivity index (χ1n) is 8.65. The predicted octanol–water partition coefficient (Wildman–Crippen LogP) is 4.39. The highest BCUT2D eigenvalue weighted by atomic mass is 35.5. The molecule has 2 aromatic heterocycles. The largest absolute Gasteiger partial charge is 0.419 e. The average Bonchev–Trinajstić information content (AvgIpc) is 3.02. The maximum absolute atomic E-state index is 13.5. The van der Waals surface area contributed by atoms with E-state index in [1.54, 1.807) is 12.4 Å². The Labute approximate surface area is 168 Å². The van der Waals surface area contributed by atoms with Crippen molar-refractivity contribution >= 4 is 28.5 Å². The third kappa shape index (κ3) is 3.69. The Morgan fingerprint density at radius 3 is 2.55 bits per heavy atom. The lowest BCUT2D eigenvalue weighted by Crippen LogP contribution is -2.15. The van der Waals surface area contributed by atoms with Gasteiger partial charge in [-0.05, 0) is 54.4 Å². The second-order valence-electron chi connectivity index (χ2n) is 6.38. The zero-order valence-electron chi connectivity index (χ0n) is 14.9. The van der Waals surface area contributed by atoms with E-state index >= 15 is 0 Å². The van der Waals surface area contributed by atoms with Gasteiger partial charge < -0.3 is 4.42 Å². The predicted molar refractivity (Wildman–Crippen MR) is 103 cm³/mol. The number of hydrogen-bond donors (Lipinski definition) is 0. The highest BCUT2D eigenvalue weighted by Crippen LogP contribution is 2.26. The number of pyridine rings is 1. The van der Waals surface area contributed by atoms with E-state index in [1.165, 1.54) is 16.7 Å². The first-order chi connectivity index (χ1) is 13.9. The number of carbonyl (C=O) groups is 1. The van der Waals surface area contributed by atoms with Crippen LogP contribution in [0.25, 0.3) is 11.1 Å². The second-order valence-corrected chi connectivity index (χ2v) is 6.79. The molecular weight excluding hydrogens is 402 g/mol. The molecule has 146 valence electrons. The summed E-state index contributed by atoms with van der Waals surface area (Å²) < 4.78 is 33.3. The standard InChI is InChI=1S/C21H13ClF2N2O3/c22-15-11-18-19(10-14(15)20(27)13-1-2-16(23)17(24)9-13)29-21(28)26(18)8-5-12-3-6-25-7-4-12/h1-4,6-7,9-11H,5,8H2. The number of hydrogen-bond acceptors (Lipinski definition) is 4. The minimum absolute atomic E-state index is 0.0280. The lowest BCUT2D eigenvalue weighted by Gasteiger charge is -2.06. The van der Waals surface area contributed by atoms with Crippen LogP contribution in [0, 0.1) is 11.6 Å². The number of carbonyl (C=O) groups excluding carboxylic acids is 1. The maximum atomic E-state index is 13.5. The second kappa shape index (κ2) is 7.60. The Bertz CT molecular complexity index is 1280. The van der Waals surface area contributed by atoms with Gasteiger partial charge in [-0.3, -0.25) is 14.3 Å². The van der Waals surface area contributed by atoms with E-state index in [4.69, 9.17) is 16.0 Å². The summed E-state index contributed by atoms with van der Waals surface area (Å²) in [5.74, 6) is -3.38. The molecule has 2 aromatic carbocycles. The van der Waals surface area contributed by atoms with E-state index in [0.717, 1.165) is 23.8 Å². The molecule has 0 saturated heterocycles. The van der Waals surface area contributed by atoms with Crippen molar-refractivity contribution in [1.29, 1.82) is 0 Å². The van der Waals surface area contributed by atoms with Crippen LogP contribution in [0.2, 0.25) is 5.02 Å². The van der Waals surface area contributed by atoms with Crippen molar-refractivity contribution in [3.05, 3.63) is 98.8 Å². The number of aromatic nitrogens is 2. The summed E-state index contributed by atoms with van der Waals surface area (Å²) >= 11 is 6.26. The summed E-state index contributed by atoms with van der Waals surface area (Å²) in [6.45, 7) is 0.350. The Hall–Kier alpha value is -3.32. The van der Waals surface area contributed by atoms with Gasteiger partial charge in [0.15, 0.2) is 23.0 Å². The number of halogens is 3. The Morgan fingerprint density at radius 2 is 1.83 bits per heavy atom. The monoisotopic (exact) mass is 414 g/mol. The molecule has 8 heteroatoms. The molecule has 0 amide bonds. The molecule has 0 aliphatic heterocycles. The van der Waals surface area contributed by atoms with Crippen LogP contribution in [-0.2, 0) is 13.0 Å². The molecule has 4 aromatic rings. The SMILES string of the molecule is O=C(c1ccc(F)c(F)c1)c1cc2oc(=O)n(CCc3ccncc3)c2cc1Cl. The van der Waals surface area contributed by atoms with Crippen molar-refractivity contribution in [3.63, 3.8) is 0 Å². The van der Waals surface area contributed by atoms with Crippen LogP contribution in [-0.4, -0.2) is 15.3 Å².